The smallest absolute Gasteiger partial charge is 0.349 e. The van der Waals surface area contributed by atoms with E-state index in [0.717, 1.165) is 17.0 Å². The third-order valence-electron chi connectivity index (χ3n) is 1.97. The number of aliphatic hydroxyl groups is 1. The lowest BCUT2D eigenvalue weighted by Crippen LogP contribution is -2.28. The van der Waals surface area contributed by atoms with E-state index in [0.29, 0.717) is 0 Å². The lowest BCUT2D eigenvalue weighted by atomic mass is 10.5. The van der Waals surface area contributed by atoms with Crippen LogP contribution in [-0.4, -0.2) is 34.2 Å². The zero-order valence-electron chi connectivity index (χ0n) is 7.67. The second kappa shape index (κ2) is 4.05. The Labute approximate surface area is 83.9 Å². The van der Waals surface area contributed by atoms with Crippen molar-refractivity contribution in [2.45, 2.75) is 12.5 Å². The van der Waals surface area contributed by atoms with Crippen molar-refractivity contribution < 1.29 is 19.0 Å². The van der Waals surface area contributed by atoms with Crippen LogP contribution in [0.3, 0.4) is 0 Å². The molecule has 2 rings (SSSR count). The second-order valence-corrected chi connectivity index (χ2v) is 3.00. The maximum atomic E-state index is 12.8. The summed E-state index contributed by atoms with van der Waals surface area (Å²) < 4.78 is 23.9. The number of rotatable bonds is 2. The van der Waals surface area contributed by atoms with Crippen LogP contribution in [0.25, 0.3) is 0 Å². The van der Waals surface area contributed by atoms with Crippen LogP contribution in [0.15, 0.2) is 17.2 Å². The largest absolute Gasteiger partial charge is 0.391 e. The van der Waals surface area contributed by atoms with Crippen LogP contribution in [-0.2, 0) is 9.47 Å². The molecule has 1 fully saturated rings. The Balaban J connectivity index is 2.23. The molecule has 0 radical (unpaired) electrons. The molecule has 1 saturated heterocycles. The van der Waals surface area contributed by atoms with Gasteiger partial charge >= 0.3 is 5.69 Å². The first-order valence-electron chi connectivity index (χ1n) is 4.32. The van der Waals surface area contributed by atoms with Crippen LogP contribution in [0.4, 0.5) is 4.39 Å². The van der Waals surface area contributed by atoms with Gasteiger partial charge in [0.05, 0.1) is 19.4 Å². The molecule has 6 nitrogen and oxygen atoms in total. The van der Waals surface area contributed by atoms with Crippen molar-refractivity contribution in [2.75, 3.05) is 13.2 Å². The summed E-state index contributed by atoms with van der Waals surface area (Å²) in [6.45, 7) is -0.232. The van der Waals surface area contributed by atoms with Gasteiger partial charge in [-0.25, -0.2) is 9.18 Å². The van der Waals surface area contributed by atoms with Crippen molar-refractivity contribution in [1.82, 2.24) is 9.55 Å². The van der Waals surface area contributed by atoms with E-state index in [1.54, 1.807) is 0 Å². The second-order valence-electron chi connectivity index (χ2n) is 3.00. The topological polar surface area (TPSA) is 73.6 Å². The molecule has 0 spiro atoms. The van der Waals surface area contributed by atoms with E-state index in [2.05, 4.69) is 4.98 Å². The van der Waals surface area contributed by atoms with E-state index >= 15 is 0 Å². The van der Waals surface area contributed by atoms with Gasteiger partial charge in [0, 0.05) is 6.20 Å². The molecule has 0 bridgehead atoms. The molecule has 1 aliphatic heterocycles. The molecule has 2 heterocycles. The van der Waals surface area contributed by atoms with Crippen LogP contribution in [0, 0.1) is 5.82 Å². The number of aliphatic hydroxyl groups excluding tert-OH is 1. The van der Waals surface area contributed by atoms with Crippen molar-refractivity contribution in [3.8, 4) is 0 Å². The fourth-order valence-corrected chi connectivity index (χ4v) is 1.30. The van der Waals surface area contributed by atoms with Crippen molar-refractivity contribution in [2.24, 2.45) is 0 Å². The summed E-state index contributed by atoms with van der Waals surface area (Å²) >= 11 is 0. The Morgan fingerprint density at radius 1 is 1.73 bits per heavy atom. The van der Waals surface area contributed by atoms with Gasteiger partial charge in [0.15, 0.2) is 18.3 Å². The Hall–Kier alpha value is -1.31. The number of ether oxygens (including phenoxy) is 2. The Kier molecular flexibility index (Phi) is 2.76. The third kappa shape index (κ3) is 2.04. The molecule has 7 heteroatoms. The monoisotopic (exact) mass is 216 g/mol. The predicted octanol–water partition coefficient (Wildman–Crippen LogP) is -0.754. The molecule has 0 amide bonds. The molecule has 1 aromatic rings. The van der Waals surface area contributed by atoms with E-state index in [4.69, 9.17) is 14.6 Å². The van der Waals surface area contributed by atoms with E-state index in [1.807, 2.05) is 0 Å². The van der Waals surface area contributed by atoms with Gasteiger partial charge in [0.1, 0.15) is 0 Å². The summed E-state index contributed by atoms with van der Waals surface area (Å²) in [5.74, 6) is -0.634. The van der Waals surface area contributed by atoms with E-state index in [9.17, 15) is 9.18 Å². The van der Waals surface area contributed by atoms with Gasteiger partial charge in [-0.1, -0.05) is 0 Å². The van der Waals surface area contributed by atoms with Crippen LogP contribution in [0.1, 0.15) is 6.23 Å². The quantitative estimate of drug-likeness (QED) is 0.703. The number of aromatic nitrogens is 2. The zero-order valence-corrected chi connectivity index (χ0v) is 7.67. The minimum Gasteiger partial charge on any atom is -0.391 e. The van der Waals surface area contributed by atoms with Gasteiger partial charge < -0.3 is 14.6 Å². The highest BCUT2D eigenvalue weighted by Crippen LogP contribution is 2.18. The molecule has 15 heavy (non-hydrogen) atoms. The van der Waals surface area contributed by atoms with E-state index in [1.165, 1.54) is 0 Å². The lowest BCUT2D eigenvalue weighted by molar-refractivity contribution is -0.0993. The van der Waals surface area contributed by atoms with Crippen LogP contribution in [0.5, 0.6) is 0 Å². The van der Waals surface area contributed by atoms with Gasteiger partial charge in [-0.3, -0.25) is 4.57 Å². The highest BCUT2D eigenvalue weighted by atomic mass is 19.1. The minimum absolute atomic E-state index is 0.0796. The molecule has 1 aromatic heterocycles. The average molecular weight is 216 g/mol. The summed E-state index contributed by atoms with van der Waals surface area (Å²) in [4.78, 5) is 14.5. The molecular formula is C8H9FN2O4. The zero-order chi connectivity index (χ0) is 10.8. The first kappa shape index (κ1) is 10.2. The first-order valence-corrected chi connectivity index (χ1v) is 4.32. The lowest BCUT2D eigenvalue weighted by Gasteiger charge is -2.11. The van der Waals surface area contributed by atoms with E-state index < -0.39 is 24.0 Å². The summed E-state index contributed by atoms with van der Waals surface area (Å²) in [6.07, 6.45) is 0.310. The van der Waals surface area contributed by atoms with E-state index in [-0.39, 0.29) is 13.2 Å². The molecule has 82 valence electrons. The van der Waals surface area contributed by atoms with Crippen LogP contribution in [0.2, 0.25) is 0 Å². The Bertz CT molecular complexity index is 408. The molecule has 2 atom stereocenters. The van der Waals surface area contributed by atoms with Crippen molar-refractivity contribution >= 4 is 0 Å². The number of halogens is 1. The van der Waals surface area contributed by atoms with Crippen molar-refractivity contribution in [3.63, 3.8) is 0 Å². The maximum Gasteiger partial charge on any atom is 0.349 e. The highest BCUT2D eigenvalue weighted by Gasteiger charge is 2.27. The first-order chi connectivity index (χ1) is 7.20. The van der Waals surface area contributed by atoms with Crippen LogP contribution < -0.4 is 5.69 Å². The molecule has 0 saturated carbocycles. The third-order valence-corrected chi connectivity index (χ3v) is 1.97. The number of hydrogen-bond donors (Lipinski definition) is 1. The summed E-state index contributed by atoms with van der Waals surface area (Å²) in [6, 6.07) is 0. The standard InChI is InChI=1S/C8H9FN2O4/c9-5-1-10-8(13)11(2-5)6-4-14-7(3-12)15-6/h1-2,6-7,12H,3-4H2. The average Bonchev–Trinajstić information content (AvgIpc) is 2.70. The predicted molar refractivity (Wildman–Crippen MR) is 45.4 cm³/mol. The van der Waals surface area contributed by atoms with Gasteiger partial charge in [-0.15, -0.1) is 0 Å². The Morgan fingerprint density at radius 3 is 3.20 bits per heavy atom. The fourth-order valence-electron chi connectivity index (χ4n) is 1.30. The van der Waals surface area contributed by atoms with Gasteiger partial charge in [-0.05, 0) is 0 Å². The Morgan fingerprint density at radius 2 is 2.53 bits per heavy atom. The van der Waals surface area contributed by atoms with Crippen molar-refractivity contribution in [1.29, 1.82) is 0 Å². The molecule has 1 N–H and O–H groups in total. The fraction of sp³-hybridized carbons (Fsp3) is 0.500. The summed E-state index contributed by atoms with van der Waals surface area (Å²) in [5, 5.41) is 8.73. The number of nitrogens with zero attached hydrogens (tertiary/aromatic N) is 2. The molecule has 0 aromatic carbocycles. The van der Waals surface area contributed by atoms with Gasteiger partial charge in [0.25, 0.3) is 0 Å². The summed E-state index contributed by atoms with van der Waals surface area (Å²) in [7, 11) is 0. The molecule has 0 aliphatic carbocycles. The SMILES string of the molecule is O=c1ncc(F)cn1C1COC(CO)O1. The van der Waals surface area contributed by atoms with Gasteiger partial charge in [0.2, 0.25) is 0 Å². The minimum atomic E-state index is -0.773. The molecular weight excluding hydrogens is 207 g/mol. The number of hydrogen-bond acceptors (Lipinski definition) is 5. The van der Waals surface area contributed by atoms with Crippen molar-refractivity contribution in [3.05, 3.63) is 28.7 Å². The molecule has 1 aliphatic rings. The maximum absolute atomic E-state index is 12.8. The summed E-state index contributed by atoms with van der Waals surface area (Å²) in [5.41, 5.74) is -0.622. The normalized spacial score (nSPS) is 25.7. The highest BCUT2D eigenvalue weighted by molar-refractivity contribution is 4.87. The molecule has 2 unspecified atom stereocenters. The van der Waals surface area contributed by atoms with Crippen LogP contribution >= 0.6 is 0 Å². The van der Waals surface area contributed by atoms with Gasteiger partial charge in [-0.2, -0.15) is 4.98 Å².